The number of thioether (sulfide) groups is 1. The maximum Gasteiger partial charge on any atom is 0.338 e. The molecule has 0 aliphatic carbocycles. The number of nitrogens with two attached hydrogens (primary N) is 1. The number of methoxy groups -OCH3 is 1. The van der Waals surface area contributed by atoms with Gasteiger partial charge in [0.15, 0.2) is 0 Å². The van der Waals surface area contributed by atoms with Gasteiger partial charge in [0.2, 0.25) is 5.88 Å². The van der Waals surface area contributed by atoms with Crippen LogP contribution in [0.3, 0.4) is 0 Å². The van der Waals surface area contributed by atoms with Crippen LogP contribution in [0, 0.1) is 22.7 Å². The monoisotopic (exact) mass is 576 g/mol. The highest BCUT2D eigenvalue weighted by Crippen LogP contribution is 2.44. The minimum atomic E-state index is -0.856. The van der Waals surface area contributed by atoms with Crippen LogP contribution in [0.15, 0.2) is 81.7 Å². The number of hydrogen-bond donors (Lipinski definition) is 2. The topological polar surface area (TPSA) is 151 Å². The van der Waals surface area contributed by atoms with Gasteiger partial charge in [0, 0.05) is 12.2 Å². The molecule has 3 N–H and O–H groups in total. The number of thiophene rings is 1. The average Bonchev–Trinajstić information content (AvgIpc) is 3.51. The molecule has 0 saturated heterocycles. The molecule has 0 spiro atoms. The lowest BCUT2D eigenvalue weighted by Gasteiger charge is -2.28. The van der Waals surface area contributed by atoms with E-state index < -0.39 is 11.9 Å². The van der Waals surface area contributed by atoms with Gasteiger partial charge >= 0.3 is 5.97 Å². The Balaban J connectivity index is 0.00000141. The summed E-state index contributed by atoms with van der Waals surface area (Å²) in [6, 6.07) is 18.7. The Hall–Kier alpha value is -4.29. The third kappa shape index (κ3) is 6.82. The maximum atomic E-state index is 13.3. The lowest BCUT2D eigenvalue weighted by Crippen LogP contribution is -2.27. The zero-order chi connectivity index (χ0) is 29.1. The maximum absolute atomic E-state index is 13.3. The largest absolute Gasteiger partial charge is 0.496 e. The second-order valence-corrected chi connectivity index (χ2v) is 9.88. The summed E-state index contributed by atoms with van der Waals surface area (Å²) in [7, 11) is 1.51. The summed E-state index contributed by atoms with van der Waals surface area (Å²) in [6.45, 7) is 3.76. The first kappa shape index (κ1) is 30.3. The summed E-state index contributed by atoms with van der Waals surface area (Å²) in [5.74, 6) is -0.762. The first-order chi connectivity index (χ1) is 19.4. The normalized spacial score (nSPS) is 14.3. The van der Waals surface area contributed by atoms with Gasteiger partial charge in [0.25, 0.3) is 0 Å². The average molecular weight is 577 g/mol. The third-order valence-electron chi connectivity index (χ3n) is 5.54. The molecule has 3 heterocycles. The summed E-state index contributed by atoms with van der Waals surface area (Å²) in [5, 5.41) is 29.6. The van der Waals surface area contributed by atoms with Gasteiger partial charge in [-0.2, -0.15) is 10.5 Å². The molecular formula is C29H28N4O5S2. The molecule has 0 radical (unpaired) electrons. The van der Waals surface area contributed by atoms with Crippen molar-refractivity contribution < 1.29 is 24.1 Å². The highest BCUT2D eigenvalue weighted by molar-refractivity contribution is 7.99. The van der Waals surface area contributed by atoms with Crippen molar-refractivity contribution in [3.05, 3.63) is 87.8 Å². The van der Waals surface area contributed by atoms with Crippen LogP contribution in [-0.4, -0.2) is 42.1 Å². The number of aliphatic hydroxyl groups is 1. The number of aromatic nitrogens is 1. The van der Waals surface area contributed by atoms with Crippen molar-refractivity contribution in [2.75, 3.05) is 26.1 Å². The van der Waals surface area contributed by atoms with Gasteiger partial charge in [0.05, 0.1) is 47.1 Å². The number of para-hydroxylation sites is 1. The van der Waals surface area contributed by atoms with Crippen LogP contribution >= 0.6 is 23.1 Å². The first-order valence-electron chi connectivity index (χ1n) is 12.2. The SMILES string of the molecule is CCO.CCOC(=O)C1=C(CSc2nc(-c3cccs3)ccc2C#N)OC(N)=C(C#N)C1c1ccccc1OC. The molecule has 0 bridgehead atoms. The van der Waals surface area contributed by atoms with E-state index in [9.17, 15) is 15.3 Å². The number of rotatable bonds is 8. The summed E-state index contributed by atoms with van der Waals surface area (Å²) < 4.78 is 16.7. The van der Waals surface area contributed by atoms with Gasteiger partial charge in [-0.25, -0.2) is 9.78 Å². The molecule has 2 aromatic heterocycles. The van der Waals surface area contributed by atoms with E-state index in [4.69, 9.17) is 25.1 Å². The lowest BCUT2D eigenvalue weighted by molar-refractivity contribution is -0.139. The zero-order valence-electron chi connectivity index (χ0n) is 22.2. The molecule has 1 aliphatic heterocycles. The van der Waals surface area contributed by atoms with E-state index in [1.54, 1.807) is 61.6 Å². The Labute approximate surface area is 241 Å². The van der Waals surface area contributed by atoms with Crippen molar-refractivity contribution >= 4 is 29.1 Å². The molecule has 0 amide bonds. The minimum Gasteiger partial charge on any atom is -0.496 e. The van der Waals surface area contributed by atoms with E-state index in [1.807, 2.05) is 17.5 Å². The fraction of sp³-hybridized carbons (Fsp3) is 0.241. The number of hydrogen-bond acceptors (Lipinski definition) is 11. The first-order valence-corrected chi connectivity index (χ1v) is 14.1. The van der Waals surface area contributed by atoms with Crippen molar-refractivity contribution in [3.63, 3.8) is 0 Å². The van der Waals surface area contributed by atoms with Crippen LogP contribution in [0.2, 0.25) is 0 Å². The Bertz CT molecular complexity index is 1490. The molecule has 3 aromatic rings. The number of esters is 1. The fourth-order valence-corrected chi connectivity index (χ4v) is 5.51. The van der Waals surface area contributed by atoms with Gasteiger partial charge in [-0.15, -0.1) is 11.3 Å². The Kier molecular flexibility index (Phi) is 11.2. The Morgan fingerprint density at radius 3 is 2.55 bits per heavy atom. The number of ether oxygens (including phenoxy) is 3. The van der Waals surface area contributed by atoms with Gasteiger partial charge in [-0.05, 0) is 43.5 Å². The lowest BCUT2D eigenvalue weighted by atomic mass is 9.82. The van der Waals surface area contributed by atoms with Crippen molar-refractivity contribution in [1.82, 2.24) is 4.98 Å². The predicted molar refractivity (Wildman–Crippen MR) is 153 cm³/mol. The summed E-state index contributed by atoms with van der Waals surface area (Å²) in [5.41, 5.74) is 8.11. The molecule has 0 saturated carbocycles. The molecule has 1 atom stereocenters. The Morgan fingerprint density at radius 2 is 1.93 bits per heavy atom. The molecule has 1 aromatic carbocycles. The molecular weight excluding hydrogens is 548 g/mol. The van der Waals surface area contributed by atoms with Crippen LogP contribution < -0.4 is 10.5 Å². The van der Waals surface area contributed by atoms with Crippen LogP contribution in [0.4, 0.5) is 0 Å². The Morgan fingerprint density at radius 1 is 1.18 bits per heavy atom. The van der Waals surface area contributed by atoms with Gasteiger partial charge in [-0.1, -0.05) is 36.0 Å². The van der Waals surface area contributed by atoms with Crippen molar-refractivity contribution in [2.45, 2.75) is 24.8 Å². The number of nitriles is 2. The van der Waals surface area contributed by atoms with Gasteiger partial charge < -0.3 is 25.1 Å². The molecule has 11 heteroatoms. The number of nitrogens with zero attached hydrogens (tertiary/aromatic N) is 3. The highest BCUT2D eigenvalue weighted by Gasteiger charge is 2.39. The van der Waals surface area contributed by atoms with Gasteiger partial charge in [0.1, 0.15) is 34.2 Å². The fourth-order valence-electron chi connectivity index (χ4n) is 3.90. The molecule has 4 rings (SSSR count). The summed E-state index contributed by atoms with van der Waals surface area (Å²) in [6.07, 6.45) is 0. The van der Waals surface area contributed by atoms with E-state index in [2.05, 4.69) is 17.1 Å². The molecule has 1 unspecified atom stereocenters. The highest BCUT2D eigenvalue weighted by atomic mass is 32.2. The minimum absolute atomic E-state index is 0.0804. The van der Waals surface area contributed by atoms with Crippen LogP contribution in [-0.2, 0) is 14.3 Å². The van der Waals surface area contributed by atoms with E-state index in [0.29, 0.717) is 21.9 Å². The van der Waals surface area contributed by atoms with Crippen molar-refractivity contribution in [1.29, 1.82) is 10.5 Å². The number of pyridine rings is 1. The number of benzene rings is 1. The smallest absolute Gasteiger partial charge is 0.338 e. The van der Waals surface area contributed by atoms with E-state index in [1.165, 1.54) is 18.9 Å². The van der Waals surface area contributed by atoms with Crippen LogP contribution in [0.1, 0.15) is 30.9 Å². The predicted octanol–water partition coefficient (Wildman–Crippen LogP) is 5.11. The third-order valence-corrected chi connectivity index (χ3v) is 7.42. The van der Waals surface area contributed by atoms with E-state index in [-0.39, 0.29) is 41.8 Å². The number of carbonyl (C=O) groups is 1. The second-order valence-electron chi connectivity index (χ2n) is 7.97. The molecule has 1 aliphatic rings. The zero-order valence-corrected chi connectivity index (χ0v) is 23.8. The number of carbonyl (C=O) groups excluding carboxylic acids is 1. The molecule has 40 heavy (non-hydrogen) atoms. The quantitative estimate of drug-likeness (QED) is 0.273. The second kappa shape index (κ2) is 14.8. The van der Waals surface area contributed by atoms with Crippen LogP contribution in [0.25, 0.3) is 10.6 Å². The molecule has 0 fully saturated rings. The molecule has 206 valence electrons. The van der Waals surface area contributed by atoms with Crippen LogP contribution in [0.5, 0.6) is 5.75 Å². The standard InChI is InChI=1S/C27H22N4O4S2.C2H6O/c1-3-34-27(32)24-21(15-37-26-16(13-28)10-11-19(31-26)22-9-6-12-36-22)35-25(30)18(14-29)23(24)17-7-4-5-8-20(17)33-2;1-2-3/h4-12,23H,3,15,30H2,1-2H3;3H,2H2,1H3. The molecule has 9 nitrogen and oxygen atoms in total. The van der Waals surface area contributed by atoms with Crippen molar-refractivity contribution in [3.8, 4) is 28.5 Å². The van der Waals surface area contributed by atoms with E-state index in [0.717, 1.165) is 10.6 Å². The van der Waals surface area contributed by atoms with Gasteiger partial charge in [-0.3, -0.25) is 0 Å². The van der Waals surface area contributed by atoms with E-state index >= 15 is 0 Å². The summed E-state index contributed by atoms with van der Waals surface area (Å²) >= 11 is 2.78. The number of allylic oxidation sites excluding steroid dienone is 1. The summed E-state index contributed by atoms with van der Waals surface area (Å²) in [4.78, 5) is 18.9. The van der Waals surface area contributed by atoms with Crippen molar-refractivity contribution in [2.24, 2.45) is 5.73 Å². The number of aliphatic hydroxyl groups excluding tert-OH is 1.